The van der Waals surface area contributed by atoms with E-state index in [0.29, 0.717) is 23.1 Å². The Hall–Kier alpha value is -4.67. The van der Waals surface area contributed by atoms with Crippen molar-refractivity contribution >= 4 is 17.6 Å². The second-order valence-corrected chi connectivity index (χ2v) is 7.92. The number of nitrogens with two attached hydrogens (primary N) is 1. The Morgan fingerprint density at radius 1 is 1.00 bits per heavy atom. The summed E-state index contributed by atoms with van der Waals surface area (Å²) >= 11 is 0. The van der Waals surface area contributed by atoms with E-state index in [9.17, 15) is 41.2 Å². The Bertz CT molecular complexity index is 1380. The van der Waals surface area contributed by atoms with Crippen molar-refractivity contribution in [2.75, 3.05) is 25.7 Å². The van der Waals surface area contributed by atoms with Crippen molar-refractivity contribution in [3.8, 4) is 11.8 Å². The molecule has 2 aromatic rings. The van der Waals surface area contributed by atoms with Crippen molar-refractivity contribution in [3.05, 3.63) is 82.3 Å². The quantitative estimate of drug-likeness (QED) is 0.408. The van der Waals surface area contributed by atoms with Crippen LogP contribution in [0.15, 0.2) is 71.2 Å². The highest BCUT2D eigenvalue weighted by Crippen LogP contribution is 2.46. The van der Waals surface area contributed by atoms with E-state index >= 15 is 0 Å². The van der Waals surface area contributed by atoms with Crippen molar-refractivity contribution in [2.45, 2.75) is 18.3 Å². The third-order valence-corrected chi connectivity index (χ3v) is 5.53. The third-order valence-electron chi connectivity index (χ3n) is 5.53. The fraction of sp³-hybridized carbons (Fsp3) is 0.240. The maximum absolute atomic E-state index is 13.6. The minimum atomic E-state index is -4.99. The van der Waals surface area contributed by atoms with Crippen LogP contribution in [0.25, 0.3) is 0 Å². The topological polar surface area (TPSA) is 115 Å². The first-order valence-corrected chi connectivity index (χ1v) is 10.8. The standard InChI is InChI=1S/C25H19F6N3O5/c1-37-22(35)19-18(13-6-4-3-5-7-13)15(11-32)21(33)34(20(19)23(36)38-2)16-10-14(25(29,30)31)8-9-17(16)39-12-24(26,27)28/h3-10,18H,12,33H2,1-2H3. The first-order chi connectivity index (χ1) is 18.2. The molecule has 2 N–H and O–H groups in total. The van der Waals surface area contributed by atoms with Crippen LogP contribution in [0.5, 0.6) is 5.75 Å². The summed E-state index contributed by atoms with van der Waals surface area (Å²) in [6.07, 6.45) is -9.88. The Balaban J connectivity index is 2.46. The van der Waals surface area contributed by atoms with Crippen LogP contribution in [0.2, 0.25) is 0 Å². The average molecular weight is 555 g/mol. The molecule has 0 saturated carbocycles. The predicted molar refractivity (Wildman–Crippen MR) is 123 cm³/mol. The molecule has 0 bridgehead atoms. The van der Waals surface area contributed by atoms with Crippen LogP contribution < -0.4 is 15.4 Å². The predicted octanol–water partition coefficient (Wildman–Crippen LogP) is 4.54. The van der Waals surface area contributed by atoms with Crippen LogP contribution in [0, 0.1) is 11.3 Å². The van der Waals surface area contributed by atoms with Gasteiger partial charge in [-0.2, -0.15) is 31.6 Å². The first kappa shape index (κ1) is 28.9. The fourth-order valence-electron chi connectivity index (χ4n) is 3.91. The molecule has 1 heterocycles. The highest BCUT2D eigenvalue weighted by atomic mass is 19.4. The van der Waals surface area contributed by atoms with E-state index in [1.165, 1.54) is 12.1 Å². The first-order valence-electron chi connectivity index (χ1n) is 10.8. The van der Waals surface area contributed by atoms with E-state index in [2.05, 4.69) is 0 Å². The van der Waals surface area contributed by atoms with E-state index in [4.69, 9.17) is 19.9 Å². The summed E-state index contributed by atoms with van der Waals surface area (Å²) in [5, 5.41) is 10.0. The van der Waals surface area contributed by atoms with Gasteiger partial charge in [0.1, 0.15) is 17.3 Å². The van der Waals surface area contributed by atoms with Crippen molar-refractivity contribution < 1.29 is 50.1 Å². The zero-order chi connectivity index (χ0) is 29.1. The molecular weight excluding hydrogens is 536 g/mol. The Kier molecular flexibility index (Phi) is 8.13. The Morgan fingerprint density at radius 3 is 2.13 bits per heavy atom. The number of carbonyl (C=O) groups is 2. The number of nitrogens with zero attached hydrogens (tertiary/aromatic N) is 2. The number of benzene rings is 2. The van der Waals surface area contributed by atoms with Gasteiger partial charge in [-0.15, -0.1) is 0 Å². The minimum absolute atomic E-state index is 0.274. The largest absolute Gasteiger partial charge is 0.482 e. The molecule has 0 aromatic heterocycles. The van der Waals surface area contributed by atoms with Gasteiger partial charge in [0.2, 0.25) is 0 Å². The maximum atomic E-state index is 13.6. The van der Waals surface area contributed by atoms with E-state index in [1.54, 1.807) is 24.3 Å². The highest BCUT2D eigenvalue weighted by molar-refractivity contribution is 6.06. The maximum Gasteiger partial charge on any atom is 0.422 e. The van der Waals surface area contributed by atoms with Gasteiger partial charge in [0.05, 0.1) is 48.6 Å². The zero-order valence-electron chi connectivity index (χ0n) is 20.2. The SMILES string of the molecule is COC(=O)C1=C(C(=O)OC)N(c2cc(C(F)(F)F)ccc2OCC(F)(F)F)C(N)=C(C#N)C1c1ccccc1. The van der Waals surface area contributed by atoms with Gasteiger partial charge < -0.3 is 19.9 Å². The number of allylic oxidation sites excluding steroid dienone is 1. The number of methoxy groups -OCH3 is 2. The van der Waals surface area contributed by atoms with Crippen LogP contribution in [0.4, 0.5) is 32.0 Å². The Morgan fingerprint density at radius 2 is 1.62 bits per heavy atom. The van der Waals surface area contributed by atoms with Crippen LogP contribution in [-0.4, -0.2) is 38.9 Å². The number of hydrogen-bond donors (Lipinski definition) is 1. The molecule has 1 aliphatic heterocycles. The molecule has 206 valence electrons. The van der Waals surface area contributed by atoms with Crippen LogP contribution in [0.3, 0.4) is 0 Å². The molecule has 0 saturated heterocycles. The van der Waals surface area contributed by atoms with Crippen LogP contribution in [-0.2, 0) is 25.2 Å². The van der Waals surface area contributed by atoms with Gasteiger partial charge in [0.15, 0.2) is 6.61 Å². The van der Waals surface area contributed by atoms with Gasteiger partial charge in [-0.3, -0.25) is 4.90 Å². The van der Waals surface area contributed by atoms with Gasteiger partial charge in [-0.1, -0.05) is 30.3 Å². The molecule has 1 aliphatic rings. The van der Waals surface area contributed by atoms with Crippen molar-refractivity contribution in [3.63, 3.8) is 0 Å². The molecule has 1 unspecified atom stereocenters. The molecule has 0 aliphatic carbocycles. The van der Waals surface area contributed by atoms with E-state index in [0.717, 1.165) is 14.2 Å². The lowest BCUT2D eigenvalue weighted by molar-refractivity contribution is -0.153. The molecule has 0 spiro atoms. The molecule has 3 rings (SSSR count). The van der Waals surface area contributed by atoms with Gasteiger partial charge in [-0.05, 0) is 23.8 Å². The summed E-state index contributed by atoms with van der Waals surface area (Å²) in [5.74, 6) is -5.28. The summed E-state index contributed by atoms with van der Waals surface area (Å²) in [4.78, 5) is 26.6. The molecule has 8 nitrogen and oxygen atoms in total. The number of nitriles is 1. The fourth-order valence-corrected chi connectivity index (χ4v) is 3.91. The number of halogens is 6. The number of hydrogen-bond acceptors (Lipinski definition) is 8. The normalized spacial score (nSPS) is 16.1. The molecule has 39 heavy (non-hydrogen) atoms. The van der Waals surface area contributed by atoms with Crippen molar-refractivity contribution in [1.82, 2.24) is 0 Å². The van der Waals surface area contributed by atoms with Crippen LogP contribution in [0.1, 0.15) is 17.0 Å². The summed E-state index contributed by atoms with van der Waals surface area (Å²) in [7, 11) is 1.85. The second kappa shape index (κ2) is 11.0. The number of ether oxygens (including phenoxy) is 3. The summed E-state index contributed by atoms with van der Waals surface area (Å²) < 4.78 is 94.1. The van der Waals surface area contributed by atoms with Gasteiger partial charge >= 0.3 is 24.3 Å². The molecule has 14 heteroatoms. The third kappa shape index (κ3) is 5.92. The number of rotatable bonds is 6. The minimum Gasteiger partial charge on any atom is -0.482 e. The number of anilines is 1. The number of esters is 2. The number of alkyl halides is 6. The Labute approximate surface area is 217 Å². The van der Waals surface area contributed by atoms with Gasteiger partial charge in [-0.25, -0.2) is 9.59 Å². The zero-order valence-corrected chi connectivity index (χ0v) is 20.2. The van der Waals surface area contributed by atoms with Gasteiger partial charge in [0.25, 0.3) is 0 Å². The lowest BCUT2D eigenvalue weighted by atomic mass is 9.81. The van der Waals surface area contributed by atoms with E-state index in [1.807, 2.05) is 0 Å². The molecule has 1 atom stereocenters. The smallest absolute Gasteiger partial charge is 0.422 e. The molecule has 0 amide bonds. The second-order valence-electron chi connectivity index (χ2n) is 7.92. The highest BCUT2D eigenvalue weighted by Gasteiger charge is 2.44. The lowest BCUT2D eigenvalue weighted by Crippen LogP contribution is -2.41. The molecule has 0 radical (unpaired) electrons. The van der Waals surface area contributed by atoms with Crippen molar-refractivity contribution in [1.29, 1.82) is 5.26 Å². The molecule has 2 aromatic carbocycles. The summed E-state index contributed by atoms with van der Waals surface area (Å²) in [6, 6.07) is 10.9. The summed E-state index contributed by atoms with van der Waals surface area (Å²) in [6.45, 7) is -1.91. The van der Waals surface area contributed by atoms with Crippen LogP contribution >= 0.6 is 0 Å². The summed E-state index contributed by atoms with van der Waals surface area (Å²) in [5.41, 5.74) is 2.58. The number of carbonyl (C=O) groups excluding carboxylic acids is 2. The van der Waals surface area contributed by atoms with Crippen molar-refractivity contribution in [2.24, 2.45) is 5.73 Å². The van der Waals surface area contributed by atoms with E-state index in [-0.39, 0.29) is 5.56 Å². The monoisotopic (exact) mass is 555 g/mol. The van der Waals surface area contributed by atoms with Gasteiger partial charge in [0, 0.05) is 0 Å². The molecule has 0 fully saturated rings. The van der Waals surface area contributed by atoms with E-state index < -0.39 is 76.5 Å². The molecular formula is C25H19F6N3O5. The average Bonchev–Trinajstić information content (AvgIpc) is 2.89. The lowest BCUT2D eigenvalue weighted by Gasteiger charge is -2.36.